The van der Waals surface area contributed by atoms with E-state index in [0.717, 1.165) is 13.0 Å². The number of aliphatic hydroxyl groups is 1. The molecule has 1 fully saturated rings. The molecule has 118 valence electrons. The molecule has 1 aromatic rings. The number of hydrogen-bond acceptors (Lipinski definition) is 2. The number of benzene rings is 1. The van der Waals surface area contributed by atoms with E-state index in [-0.39, 0.29) is 0 Å². The Morgan fingerprint density at radius 1 is 0.950 bits per heavy atom. The Hall–Kier alpha value is -0.290. The van der Waals surface area contributed by atoms with Gasteiger partial charge in [-0.2, -0.15) is 0 Å². The summed E-state index contributed by atoms with van der Waals surface area (Å²) in [6, 6.07) is 8.93. The van der Waals surface area contributed by atoms with Gasteiger partial charge < -0.3 is 10.4 Å². The number of alkyl halides is 1. The normalized spacial score (nSPS) is 13.6. The van der Waals surface area contributed by atoms with Crippen molar-refractivity contribution < 1.29 is 5.11 Å². The zero-order chi connectivity index (χ0) is 15.8. The van der Waals surface area contributed by atoms with Crippen LogP contribution in [0.5, 0.6) is 0 Å². The first-order chi connectivity index (χ1) is 9.90. The summed E-state index contributed by atoms with van der Waals surface area (Å²) in [6.07, 6.45) is 7.04. The summed E-state index contributed by atoms with van der Waals surface area (Å²) < 4.78 is 0. The molecule has 0 saturated heterocycles. The van der Waals surface area contributed by atoms with Crippen LogP contribution in [0.2, 0.25) is 0 Å². The average Bonchev–Trinajstić information content (AvgIpc) is 2.61. The smallest absolute Gasteiger partial charge is 0.0337 e. The third-order valence-electron chi connectivity index (χ3n) is 3.28. The van der Waals surface area contributed by atoms with Crippen LogP contribution < -0.4 is 5.32 Å². The van der Waals surface area contributed by atoms with Crippen molar-refractivity contribution in [2.45, 2.75) is 51.9 Å². The Kier molecular flexibility index (Phi) is 18.4. The SMILES string of the molecule is CC.CI.CNc1ccc(C2CCCCC2)cc1.CO. The Morgan fingerprint density at radius 2 is 1.40 bits per heavy atom. The Labute approximate surface area is 139 Å². The number of halogens is 1. The van der Waals surface area contributed by atoms with E-state index in [4.69, 9.17) is 5.11 Å². The molecule has 20 heavy (non-hydrogen) atoms. The lowest BCUT2D eigenvalue weighted by Gasteiger charge is -2.22. The van der Waals surface area contributed by atoms with E-state index in [1.165, 1.54) is 43.4 Å². The fourth-order valence-corrected chi connectivity index (χ4v) is 2.36. The topological polar surface area (TPSA) is 32.3 Å². The maximum absolute atomic E-state index is 7.00. The molecule has 2 nitrogen and oxygen atoms in total. The molecule has 2 rings (SSSR count). The first-order valence-corrected chi connectivity index (χ1v) is 9.66. The molecule has 1 saturated carbocycles. The number of rotatable bonds is 2. The molecular formula is C17H32INO. The van der Waals surface area contributed by atoms with Gasteiger partial charge in [0.05, 0.1) is 0 Å². The first kappa shape index (κ1) is 22.0. The van der Waals surface area contributed by atoms with Crippen LogP contribution in [0, 0.1) is 0 Å². The van der Waals surface area contributed by atoms with Gasteiger partial charge in [-0.1, -0.05) is 67.8 Å². The van der Waals surface area contributed by atoms with E-state index < -0.39 is 0 Å². The lowest BCUT2D eigenvalue weighted by molar-refractivity contribution is 0.399. The molecule has 3 heteroatoms. The predicted molar refractivity (Wildman–Crippen MR) is 101 cm³/mol. The Balaban J connectivity index is 0. The average molecular weight is 393 g/mol. The van der Waals surface area contributed by atoms with Crippen molar-refractivity contribution in [2.75, 3.05) is 24.4 Å². The van der Waals surface area contributed by atoms with Crippen molar-refractivity contribution in [3.05, 3.63) is 29.8 Å². The Bertz CT molecular complexity index is 282. The molecule has 0 aromatic heterocycles. The summed E-state index contributed by atoms with van der Waals surface area (Å²) in [7, 11) is 2.97. The van der Waals surface area contributed by atoms with E-state index in [2.05, 4.69) is 52.2 Å². The van der Waals surface area contributed by atoms with Crippen molar-refractivity contribution in [3.8, 4) is 0 Å². The quantitative estimate of drug-likeness (QED) is 0.517. The van der Waals surface area contributed by atoms with Crippen LogP contribution in [0.4, 0.5) is 5.69 Å². The standard InChI is InChI=1S/C13H19N.C2H6.CH3I.CH4O/c1-14-13-9-7-12(8-10-13)11-5-3-2-4-6-11;3*1-2/h7-11,14H,2-6H2,1H3;1-2H3;1H3;2H,1H3. The van der Waals surface area contributed by atoms with Crippen LogP contribution in [0.25, 0.3) is 0 Å². The fourth-order valence-electron chi connectivity index (χ4n) is 2.36. The zero-order valence-electron chi connectivity index (χ0n) is 13.7. The Morgan fingerprint density at radius 3 is 1.80 bits per heavy atom. The minimum absolute atomic E-state index is 0.828. The van der Waals surface area contributed by atoms with Crippen molar-refractivity contribution in [3.63, 3.8) is 0 Å². The number of nitrogens with one attached hydrogen (secondary N) is 1. The summed E-state index contributed by atoms with van der Waals surface area (Å²) in [5, 5.41) is 10.2. The van der Waals surface area contributed by atoms with Crippen molar-refractivity contribution in [2.24, 2.45) is 0 Å². The molecule has 0 amide bonds. The molecule has 0 atom stereocenters. The van der Waals surface area contributed by atoms with E-state index in [1.54, 1.807) is 0 Å². The maximum atomic E-state index is 7.00. The highest BCUT2D eigenvalue weighted by Gasteiger charge is 2.14. The van der Waals surface area contributed by atoms with Crippen LogP contribution in [-0.4, -0.2) is 24.2 Å². The molecule has 1 aliphatic rings. The number of hydrogen-bond donors (Lipinski definition) is 2. The molecule has 0 bridgehead atoms. The molecule has 0 spiro atoms. The number of anilines is 1. The van der Waals surface area contributed by atoms with E-state index in [1.807, 2.05) is 25.8 Å². The van der Waals surface area contributed by atoms with E-state index in [0.29, 0.717) is 0 Å². The zero-order valence-corrected chi connectivity index (χ0v) is 15.9. The highest BCUT2D eigenvalue weighted by Crippen LogP contribution is 2.32. The molecular weight excluding hydrogens is 361 g/mol. The van der Waals surface area contributed by atoms with Crippen molar-refractivity contribution >= 4 is 28.3 Å². The minimum Gasteiger partial charge on any atom is -0.400 e. The first-order valence-electron chi connectivity index (χ1n) is 7.50. The van der Waals surface area contributed by atoms with Gasteiger partial charge in [0.25, 0.3) is 0 Å². The van der Waals surface area contributed by atoms with Gasteiger partial charge >= 0.3 is 0 Å². The summed E-state index contributed by atoms with van der Waals surface area (Å²) >= 11 is 2.15. The van der Waals surface area contributed by atoms with E-state index in [9.17, 15) is 0 Å². The highest BCUT2D eigenvalue weighted by atomic mass is 127. The second kappa shape index (κ2) is 16.8. The molecule has 1 aromatic carbocycles. The lowest BCUT2D eigenvalue weighted by Crippen LogP contribution is -2.04. The predicted octanol–water partition coefficient (Wildman–Crippen LogP) is 5.46. The highest BCUT2D eigenvalue weighted by molar-refractivity contribution is 14.1. The summed E-state index contributed by atoms with van der Waals surface area (Å²) in [4.78, 5) is 1.97. The van der Waals surface area contributed by atoms with Crippen LogP contribution in [0.15, 0.2) is 24.3 Å². The second-order valence-corrected chi connectivity index (χ2v) is 4.21. The molecule has 0 aliphatic heterocycles. The summed E-state index contributed by atoms with van der Waals surface area (Å²) in [5.74, 6) is 0.828. The molecule has 1 aliphatic carbocycles. The van der Waals surface area contributed by atoms with Gasteiger partial charge in [-0.3, -0.25) is 0 Å². The molecule has 2 N–H and O–H groups in total. The van der Waals surface area contributed by atoms with Gasteiger partial charge in [0.15, 0.2) is 0 Å². The van der Waals surface area contributed by atoms with Crippen molar-refractivity contribution in [1.82, 2.24) is 0 Å². The van der Waals surface area contributed by atoms with Gasteiger partial charge in [0, 0.05) is 19.8 Å². The lowest BCUT2D eigenvalue weighted by atomic mass is 9.84. The van der Waals surface area contributed by atoms with E-state index >= 15 is 0 Å². The van der Waals surface area contributed by atoms with Gasteiger partial charge in [-0.05, 0) is 41.4 Å². The largest absolute Gasteiger partial charge is 0.400 e. The third kappa shape index (κ3) is 8.80. The maximum Gasteiger partial charge on any atom is 0.0337 e. The van der Waals surface area contributed by atoms with Gasteiger partial charge in [-0.25, -0.2) is 0 Å². The third-order valence-corrected chi connectivity index (χ3v) is 3.28. The van der Waals surface area contributed by atoms with Crippen LogP contribution in [-0.2, 0) is 0 Å². The fraction of sp³-hybridized carbons (Fsp3) is 0.647. The van der Waals surface area contributed by atoms with Gasteiger partial charge in [0.1, 0.15) is 0 Å². The molecule has 0 heterocycles. The van der Waals surface area contributed by atoms with Crippen LogP contribution in [0.1, 0.15) is 57.4 Å². The molecule has 0 unspecified atom stereocenters. The molecule has 0 radical (unpaired) electrons. The van der Waals surface area contributed by atoms with Gasteiger partial charge in [-0.15, -0.1) is 0 Å². The monoisotopic (exact) mass is 393 g/mol. The van der Waals surface area contributed by atoms with Crippen LogP contribution in [0.3, 0.4) is 0 Å². The van der Waals surface area contributed by atoms with Gasteiger partial charge in [0.2, 0.25) is 0 Å². The minimum atomic E-state index is 0.828. The summed E-state index contributed by atoms with van der Waals surface area (Å²) in [6.45, 7) is 4.00. The second-order valence-electron chi connectivity index (χ2n) is 4.21. The van der Waals surface area contributed by atoms with Crippen molar-refractivity contribution in [1.29, 1.82) is 0 Å². The van der Waals surface area contributed by atoms with Crippen LogP contribution >= 0.6 is 22.6 Å². The number of aliphatic hydroxyl groups excluding tert-OH is 1. The summed E-state index contributed by atoms with van der Waals surface area (Å²) in [5.41, 5.74) is 2.74.